The quantitative estimate of drug-likeness (QED) is 0.489. The third-order valence-corrected chi connectivity index (χ3v) is 1.10. The summed E-state index contributed by atoms with van der Waals surface area (Å²) in [6.45, 7) is 0. The third kappa shape index (κ3) is 0.928. The SMILES string of the molecule is Cn1cc(O)c(N)nc1=O. The van der Waals surface area contributed by atoms with Gasteiger partial charge in [-0.15, -0.1) is 0 Å². The lowest BCUT2D eigenvalue weighted by molar-refractivity contribution is 0.466. The predicted molar refractivity (Wildman–Crippen MR) is 35.6 cm³/mol. The van der Waals surface area contributed by atoms with Crippen LogP contribution in [0.4, 0.5) is 5.82 Å². The van der Waals surface area contributed by atoms with Gasteiger partial charge in [-0.1, -0.05) is 0 Å². The van der Waals surface area contributed by atoms with Crippen LogP contribution in [0.2, 0.25) is 0 Å². The van der Waals surface area contributed by atoms with Crippen molar-refractivity contribution >= 4 is 5.82 Å². The molecule has 1 rings (SSSR count). The first-order chi connectivity index (χ1) is 4.61. The second-order valence-corrected chi connectivity index (χ2v) is 1.90. The van der Waals surface area contributed by atoms with E-state index < -0.39 is 5.69 Å². The summed E-state index contributed by atoms with van der Waals surface area (Å²) in [7, 11) is 1.48. The van der Waals surface area contributed by atoms with Crippen molar-refractivity contribution < 1.29 is 5.11 Å². The highest BCUT2D eigenvalue weighted by molar-refractivity contribution is 5.41. The Labute approximate surface area is 56.7 Å². The van der Waals surface area contributed by atoms with Crippen LogP contribution in [-0.4, -0.2) is 14.7 Å². The van der Waals surface area contributed by atoms with Gasteiger partial charge in [0.25, 0.3) is 0 Å². The molecular formula is C5H7N3O2. The Hall–Kier alpha value is -1.52. The van der Waals surface area contributed by atoms with Crippen LogP contribution in [0.25, 0.3) is 0 Å². The van der Waals surface area contributed by atoms with Gasteiger partial charge in [0.2, 0.25) is 0 Å². The smallest absolute Gasteiger partial charge is 0.349 e. The second kappa shape index (κ2) is 2.02. The number of anilines is 1. The van der Waals surface area contributed by atoms with Crippen molar-refractivity contribution in [3.63, 3.8) is 0 Å². The Bertz CT molecular complexity index is 304. The van der Waals surface area contributed by atoms with E-state index in [4.69, 9.17) is 10.8 Å². The summed E-state index contributed by atoms with van der Waals surface area (Å²) in [6.07, 6.45) is 1.21. The van der Waals surface area contributed by atoms with Gasteiger partial charge in [0.05, 0.1) is 6.20 Å². The maximum absolute atomic E-state index is 10.7. The highest BCUT2D eigenvalue weighted by Crippen LogP contribution is 2.10. The monoisotopic (exact) mass is 141 g/mol. The van der Waals surface area contributed by atoms with Gasteiger partial charge in [0, 0.05) is 7.05 Å². The Morgan fingerprint density at radius 3 is 2.90 bits per heavy atom. The molecule has 3 N–H and O–H groups in total. The summed E-state index contributed by atoms with van der Waals surface area (Å²) in [5, 5.41) is 8.88. The minimum Gasteiger partial charge on any atom is -0.503 e. The zero-order valence-electron chi connectivity index (χ0n) is 5.40. The number of nitrogens with zero attached hydrogens (tertiary/aromatic N) is 2. The average molecular weight is 141 g/mol. The lowest BCUT2D eigenvalue weighted by Crippen LogP contribution is -2.20. The van der Waals surface area contributed by atoms with Gasteiger partial charge in [-0.3, -0.25) is 4.57 Å². The van der Waals surface area contributed by atoms with Gasteiger partial charge in [0.1, 0.15) is 0 Å². The van der Waals surface area contributed by atoms with Crippen molar-refractivity contribution in [2.45, 2.75) is 0 Å². The molecule has 0 unspecified atom stereocenters. The fourth-order valence-corrected chi connectivity index (χ4v) is 0.544. The summed E-state index contributed by atoms with van der Waals surface area (Å²) in [5.41, 5.74) is 4.64. The van der Waals surface area contributed by atoms with E-state index in [2.05, 4.69) is 4.98 Å². The lowest BCUT2D eigenvalue weighted by Gasteiger charge is -1.98. The molecule has 0 saturated heterocycles. The highest BCUT2D eigenvalue weighted by Gasteiger charge is 1.98. The Kier molecular flexibility index (Phi) is 1.33. The molecule has 0 aromatic carbocycles. The van der Waals surface area contributed by atoms with Gasteiger partial charge in [0.15, 0.2) is 11.6 Å². The minimum atomic E-state index is -0.477. The zero-order valence-corrected chi connectivity index (χ0v) is 5.40. The van der Waals surface area contributed by atoms with Gasteiger partial charge >= 0.3 is 5.69 Å². The van der Waals surface area contributed by atoms with E-state index in [1.807, 2.05) is 0 Å². The van der Waals surface area contributed by atoms with Crippen molar-refractivity contribution in [1.29, 1.82) is 0 Å². The summed E-state index contributed by atoms with van der Waals surface area (Å²) >= 11 is 0. The first-order valence-electron chi connectivity index (χ1n) is 2.63. The number of hydrogen-bond acceptors (Lipinski definition) is 4. The van der Waals surface area contributed by atoms with E-state index in [9.17, 15) is 4.79 Å². The van der Waals surface area contributed by atoms with E-state index in [0.717, 1.165) is 4.57 Å². The molecule has 0 spiro atoms. The standard InChI is InChI=1S/C5H7N3O2/c1-8-2-3(9)4(6)7-5(8)10/h2,9H,1H3,(H2,6,7,10). The molecule has 0 fully saturated rings. The molecule has 0 bridgehead atoms. The third-order valence-electron chi connectivity index (χ3n) is 1.10. The molecule has 1 heterocycles. The van der Waals surface area contributed by atoms with Gasteiger partial charge in [-0.05, 0) is 0 Å². The topological polar surface area (TPSA) is 81.1 Å². The van der Waals surface area contributed by atoms with Crippen molar-refractivity contribution in [3.8, 4) is 5.75 Å². The van der Waals surface area contributed by atoms with Crippen LogP contribution in [0.15, 0.2) is 11.0 Å². The fourth-order valence-electron chi connectivity index (χ4n) is 0.544. The van der Waals surface area contributed by atoms with Crippen LogP contribution in [0.3, 0.4) is 0 Å². The van der Waals surface area contributed by atoms with Gasteiger partial charge in [-0.2, -0.15) is 4.98 Å². The number of nitrogen functional groups attached to an aromatic ring is 1. The van der Waals surface area contributed by atoms with Crippen LogP contribution >= 0.6 is 0 Å². The fraction of sp³-hybridized carbons (Fsp3) is 0.200. The maximum atomic E-state index is 10.7. The van der Waals surface area contributed by atoms with E-state index in [-0.39, 0.29) is 11.6 Å². The first kappa shape index (κ1) is 6.60. The van der Waals surface area contributed by atoms with Crippen molar-refractivity contribution in [2.75, 3.05) is 5.73 Å². The molecule has 5 heteroatoms. The van der Waals surface area contributed by atoms with Crippen LogP contribution in [0.1, 0.15) is 0 Å². The number of hydrogen-bond donors (Lipinski definition) is 2. The maximum Gasteiger partial charge on any atom is 0.349 e. The average Bonchev–Trinajstić information content (AvgIpc) is 1.84. The Balaban J connectivity index is 3.43. The highest BCUT2D eigenvalue weighted by atomic mass is 16.3. The van der Waals surface area contributed by atoms with E-state index >= 15 is 0 Å². The molecule has 0 amide bonds. The van der Waals surface area contributed by atoms with Crippen molar-refractivity contribution in [3.05, 3.63) is 16.7 Å². The Morgan fingerprint density at radius 2 is 2.40 bits per heavy atom. The Morgan fingerprint density at radius 1 is 1.80 bits per heavy atom. The van der Waals surface area contributed by atoms with Crippen LogP contribution in [-0.2, 0) is 7.05 Å². The lowest BCUT2D eigenvalue weighted by atomic mass is 10.5. The van der Waals surface area contributed by atoms with E-state index in [0.29, 0.717) is 0 Å². The van der Waals surface area contributed by atoms with Crippen LogP contribution < -0.4 is 11.4 Å². The molecule has 1 aromatic rings. The van der Waals surface area contributed by atoms with Crippen molar-refractivity contribution in [1.82, 2.24) is 9.55 Å². The predicted octanol–water partition coefficient (Wildman–Crippen LogP) is -0.932. The first-order valence-corrected chi connectivity index (χ1v) is 2.63. The number of aromatic hydroxyl groups is 1. The van der Waals surface area contributed by atoms with Crippen LogP contribution in [0.5, 0.6) is 5.75 Å². The van der Waals surface area contributed by atoms with Crippen LogP contribution in [0, 0.1) is 0 Å². The molecule has 0 saturated carbocycles. The summed E-state index contributed by atoms with van der Waals surface area (Å²) in [6, 6.07) is 0. The minimum absolute atomic E-state index is 0.136. The second-order valence-electron chi connectivity index (χ2n) is 1.90. The van der Waals surface area contributed by atoms with E-state index in [1.54, 1.807) is 0 Å². The van der Waals surface area contributed by atoms with E-state index in [1.165, 1.54) is 13.2 Å². The largest absolute Gasteiger partial charge is 0.503 e. The molecule has 0 aliphatic carbocycles. The summed E-state index contributed by atoms with van der Waals surface area (Å²) < 4.78 is 1.14. The molecule has 10 heavy (non-hydrogen) atoms. The van der Waals surface area contributed by atoms with Crippen molar-refractivity contribution in [2.24, 2.45) is 7.05 Å². The summed E-state index contributed by atoms with van der Waals surface area (Å²) in [4.78, 5) is 14.0. The molecule has 54 valence electrons. The number of rotatable bonds is 0. The number of aromatic nitrogens is 2. The van der Waals surface area contributed by atoms with Gasteiger partial charge < -0.3 is 10.8 Å². The molecule has 0 atom stereocenters. The zero-order chi connectivity index (χ0) is 7.72. The summed E-state index contributed by atoms with van der Waals surface area (Å²) in [5.74, 6) is -0.315. The molecule has 0 aliphatic rings. The van der Waals surface area contributed by atoms with Gasteiger partial charge in [-0.25, -0.2) is 4.79 Å². The molecular weight excluding hydrogens is 134 g/mol. The number of nitrogens with two attached hydrogens (primary N) is 1. The molecule has 0 aliphatic heterocycles. The molecule has 1 aromatic heterocycles. The number of aryl methyl sites for hydroxylation is 1. The normalized spacial score (nSPS) is 9.70. The molecule has 0 radical (unpaired) electrons. The molecule has 5 nitrogen and oxygen atoms in total.